The van der Waals surface area contributed by atoms with Crippen molar-refractivity contribution in [2.24, 2.45) is 0 Å². The number of pyridine rings is 2. The number of imidazole rings is 1. The molecule has 0 aromatic carbocycles. The second kappa shape index (κ2) is 7.22. The standard InChI is InChI=1S/C17H12F3N7O2/c18-17(19,20)8-29-13-2-1-11(7-22-13)24-16(28)15-14-10(6-23-26-14)5-12(25-15)27-4-3-21-9-27/h1-7,9H,8H2,(H,23,26)(H,24,28). The molecule has 4 aromatic heterocycles. The summed E-state index contributed by atoms with van der Waals surface area (Å²) in [7, 11) is 0. The Bertz CT molecular complexity index is 1140. The Morgan fingerprint density at radius 1 is 1.28 bits per heavy atom. The van der Waals surface area contributed by atoms with Crippen molar-refractivity contribution < 1.29 is 22.7 Å². The van der Waals surface area contributed by atoms with E-state index < -0.39 is 18.7 Å². The maximum Gasteiger partial charge on any atom is 0.422 e. The van der Waals surface area contributed by atoms with E-state index in [1.165, 1.54) is 18.3 Å². The van der Waals surface area contributed by atoms with Gasteiger partial charge < -0.3 is 10.1 Å². The molecule has 0 atom stereocenters. The van der Waals surface area contributed by atoms with Gasteiger partial charge in [0.15, 0.2) is 12.3 Å². The molecule has 12 heteroatoms. The van der Waals surface area contributed by atoms with Gasteiger partial charge in [0.2, 0.25) is 5.88 Å². The fourth-order valence-corrected chi connectivity index (χ4v) is 2.51. The molecule has 2 N–H and O–H groups in total. The number of amides is 1. The number of hydrogen-bond acceptors (Lipinski definition) is 6. The lowest BCUT2D eigenvalue weighted by molar-refractivity contribution is -0.154. The van der Waals surface area contributed by atoms with Gasteiger partial charge in [-0.2, -0.15) is 18.3 Å². The Balaban J connectivity index is 1.55. The number of H-pyrrole nitrogens is 1. The highest BCUT2D eigenvalue weighted by Crippen LogP contribution is 2.21. The zero-order chi connectivity index (χ0) is 20.4. The Hall–Kier alpha value is -3.96. The second-order valence-electron chi connectivity index (χ2n) is 5.88. The second-order valence-corrected chi connectivity index (χ2v) is 5.88. The number of nitrogens with one attached hydrogen (secondary N) is 2. The molecule has 4 heterocycles. The number of fused-ring (bicyclic) bond motifs is 1. The third-order valence-electron chi connectivity index (χ3n) is 3.78. The molecular weight excluding hydrogens is 391 g/mol. The van der Waals surface area contributed by atoms with Gasteiger partial charge in [0.1, 0.15) is 12.1 Å². The summed E-state index contributed by atoms with van der Waals surface area (Å²) >= 11 is 0. The molecule has 4 rings (SSSR count). The maximum absolute atomic E-state index is 12.7. The van der Waals surface area contributed by atoms with Crippen LogP contribution in [0.1, 0.15) is 10.5 Å². The Labute approximate surface area is 160 Å². The van der Waals surface area contributed by atoms with Gasteiger partial charge in [0, 0.05) is 23.8 Å². The first-order valence-electron chi connectivity index (χ1n) is 8.18. The van der Waals surface area contributed by atoms with Crippen LogP contribution in [0.25, 0.3) is 16.7 Å². The molecular formula is C17H12F3N7O2. The van der Waals surface area contributed by atoms with Crippen molar-refractivity contribution >= 4 is 22.5 Å². The lowest BCUT2D eigenvalue weighted by atomic mass is 10.2. The van der Waals surface area contributed by atoms with Crippen LogP contribution in [0.5, 0.6) is 5.88 Å². The average Bonchev–Trinajstić information content (AvgIpc) is 3.37. The number of aromatic amines is 1. The Kier molecular flexibility index (Phi) is 4.58. The van der Waals surface area contributed by atoms with E-state index in [9.17, 15) is 18.0 Å². The van der Waals surface area contributed by atoms with E-state index in [1.807, 2.05) is 0 Å². The number of halogens is 3. The van der Waals surface area contributed by atoms with Crippen LogP contribution < -0.4 is 10.1 Å². The minimum atomic E-state index is -4.46. The van der Waals surface area contributed by atoms with Gasteiger partial charge in [-0.25, -0.2) is 15.0 Å². The van der Waals surface area contributed by atoms with Crippen LogP contribution in [-0.4, -0.2) is 48.4 Å². The fraction of sp³-hybridized carbons (Fsp3) is 0.118. The molecule has 9 nitrogen and oxygen atoms in total. The molecule has 0 radical (unpaired) electrons. The third kappa shape index (κ3) is 4.15. The molecule has 0 fully saturated rings. The van der Waals surface area contributed by atoms with Gasteiger partial charge in [0.05, 0.1) is 23.6 Å². The van der Waals surface area contributed by atoms with Gasteiger partial charge in [-0.15, -0.1) is 0 Å². The van der Waals surface area contributed by atoms with E-state index in [-0.39, 0.29) is 17.3 Å². The summed E-state index contributed by atoms with van der Waals surface area (Å²) in [5, 5.41) is 9.93. The van der Waals surface area contributed by atoms with Crippen molar-refractivity contribution in [1.82, 2.24) is 29.7 Å². The van der Waals surface area contributed by atoms with Gasteiger partial charge in [-0.05, 0) is 12.1 Å². The first-order chi connectivity index (χ1) is 13.9. The van der Waals surface area contributed by atoms with E-state index in [0.29, 0.717) is 16.7 Å². The summed E-state index contributed by atoms with van der Waals surface area (Å²) in [6, 6.07) is 4.34. The third-order valence-corrected chi connectivity index (χ3v) is 3.78. The molecule has 0 saturated heterocycles. The Morgan fingerprint density at radius 2 is 2.14 bits per heavy atom. The molecule has 0 spiro atoms. The van der Waals surface area contributed by atoms with Crippen LogP contribution in [0, 0.1) is 0 Å². The Morgan fingerprint density at radius 3 is 2.83 bits per heavy atom. The highest BCUT2D eigenvalue weighted by molar-refractivity contribution is 6.10. The predicted octanol–water partition coefficient (Wildman–Crippen LogP) is 2.73. The van der Waals surface area contributed by atoms with Crippen LogP contribution in [0.3, 0.4) is 0 Å². The van der Waals surface area contributed by atoms with E-state index >= 15 is 0 Å². The smallest absolute Gasteiger partial charge is 0.422 e. The van der Waals surface area contributed by atoms with Crippen LogP contribution in [0.4, 0.5) is 18.9 Å². The monoisotopic (exact) mass is 403 g/mol. The summed E-state index contributed by atoms with van der Waals surface area (Å²) in [5.74, 6) is -0.293. The van der Waals surface area contributed by atoms with E-state index in [1.54, 1.807) is 35.6 Å². The van der Waals surface area contributed by atoms with Crippen molar-refractivity contribution in [2.45, 2.75) is 6.18 Å². The van der Waals surface area contributed by atoms with Gasteiger partial charge in [-0.3, -0.25) is 14.5 Å². The molecule has 0 aliphatic carbocycles. The molecule has 148 valence electrons. The molecule has 0 aliphatic rings. The predicted molar refractivity (Wildman–Crippen MR) is 94.8 cm³/mol. The number of ether oxygens (including phenoxy) is 1. The first-order valence-corrected chi connectivity index (χ1v) is 8.18. The van der Waals surface area contributed by atoms with Crippen molar-refractivity contribution in [3.8, 4) is 11.7 Å². The number of alkyl halides is 3. The average molecular weight is 403 g/mol. The molecule has 0 bridgehead atoms. The highest BCUT2D eigenvalue weighted by atomic mass is 19.4. The minimum Gasteiger partial charge on any atom is -0.468 e. The van der Waals surface area contributed by atoms with E-state index in [4.69, 9.17) is 0 Å². The van der Waals surface area contributed by atoms with Gasteiger partial charge >= 0.3 is 6.18 Å². The number of hydrogen-bond donors (Lipinski definition) is 2. The number of aromatic nitrogens is 6. The maximum atomic E-state index is 12.7. The number of rotatable bonds is 5. The summed E-state index contributed by atoms with van der Waals surface area (Å²) in [4.78, 5) is 24.8. The fourth-order valence-electron chi connectivity index (χ4n) is 2.51. The van der Waals surface area contributed by atoms with Gasteiger partial charge in [-0.1, -0.05) is 0 Å². The largest absolute Gasteiger partial charge is 0.468 e. The summed E-state index contributed by atoms with van der Waals surface area (Å²) in [6.07, 6.45) is 3.08. The molecule has 4 aromatic rings. The highest BCUT2D eigenvalue weighted by Gasteiger charge is 2.28. The van der Waals surface area contributed by atoms with Crippen molar-refractivity contribution in [3.63, 3.8) is 0 Å². The molecule has 29 heavy (non-hydrogen) atoms. The summed E-state index contributed by atoms with van der Waals surface area (Å²) < 4.78 is 42.7. The van der Waals surface area contributed by atoms with E-state index in [0.717, 1.165) is 0 Å². The van der Waals surface area contributed by atoms with Crippen molar-refractivity contribution in [1.29, 1.82) is 0 Å². The lowest BCUT2D eigenvalue weighted by Crippen LogP contribution is -2.19. The van der Waals surface area contributed by atoms with E-state index in [2.05, 4.69) is 35.2 Å². The van der Waals surface area contributed by atoms with Crippen LogP contribution >= 0.6 is 0 Å². The number of carbonyl (C=O) groups excluding carboxylic acids is 1. The minimum absolute atomic E-state index is 0.0843. The summed E-state index contributed by atoms with van der Waals surface area (Å²) in [5.41, 5.74) is 0.780. The topological polar surface area (TPSA) is 111 Å². The van der Waals surface area contributed by atoms with Crippen molar-refractivity contribution in [2.75, 3.05) is 11.9 Å². The first kappa shape index (κ1) is 18.4. The quantitative estimate of drug-likeness (QED) is 0.530. The van der Waals surface area contributed by atoms with Crippen LogP contribution in [0.2, 0.25) is 0 Å². The SMILES string of the molecule is O=C(Nc1ccc(OCC(F)(F)F)nc1)c1nc(-n2ccnc2)cc2cn[nH]c12. The van der Waals surface area contributed by atoms with Crippen LogP contribution in [0.15, 0.2) is 49.3 Å². The van der Waals surface area contributed by atoms with Crippen LogP contribution in [-0.2, 0) is 0 Å². The normalized spacial score (nSPS) is 11.6. The molecule has 1 amide bonds. The lowest BCUT2D eigenvalue weighted by Gasteiger charge is -2.10. The number of anilines is 1. The van der Waals surface area contributed by atoms with Crippen molar-refractivity contribution in [3.05, 3.63) is 55.0 Å². The molecule has 0 unspecified atom stereocenters. The number of carbonyl (C=O) groups is 1. The zero-order valence-electron chi connectivity index (χ0n) is 14.5. The molecule has 0 aliphatic heterocycles. The summed E-state index contributed by atoms with van der Waals surface area (Å²) in [6.45, 7) is -1.45. The zero-order valence-corrected chi connectivity index (χ0v) is 14.5. The molecule has 0 saturated carbocycles. The number of nitrogens with zero attached hydrogens (tertiary/aromatic N) is 5. The van der Waals surface area contributed by atoms with Gasteiger partial charge in [0.25, 0.3) is 5.91 Å².